The standard InChI is InChI=1S/C13H13N5O3/c1-8-7-15-5-4-11(8)16-13(19)10-6-9(17-14)2-3-12(10)18(20)21/h2-7,17H,14H2,1H3,(H,15,16,19). The van der Waals surface area contributed by atoms with Gasteiger partial charge in [-0.05, 0) is 30.7 Å². The molecule has 0 aliphatic heterocycles. The Morgan fingerprint density at radius 1 is 1.38 bits per heavy atom. The summed E-state index contributed by atoms with van der Waals surface area (Å²) in [7, 11) is 0. The molecule has 0 saturated carbocycles. The van der Waals surface area contributed by atoms with Gasteiger partial charge in [0.25, 0.3) is 11.6 Å². The number of aromatic nitrogens is 1. The number of nitrogens with one attached hydrogen (secondary N) is 2. The van der Waals surface area contributed by atoms with Crippen LogP contribution in [0, 0.1) is 17.0 Å². The maximum atomic E-state index is 12.3. The number of carbonyl (C=O) groups is 1. The zero-order valence-corrected chi connectivity index (χ0v) is 11.2. The molecule has 8 nitrogen and oxygen atoms in total. The van der Waals surface area contributed by atoms with Crippen LogP contribution >= 0.6 is 0 Å². The van der Waals surface area contributed by atoms with E-state index < -0.39 is 10.8 Å². The molecule has 4 N–H and O–H groups in total. The summed E-state index contributed by atoms with van der Waals surface area (Å²) < 4.78 is 0. The average Bonchev–Trinajstić information content (AvgIpc) is 2.48. The number of nitrogens with two attached hydrogens (primary N) is 1. The Hall–Kier alpha value is -3.00. The molecule has 0 aliphatic carbocycles. The number of benzene rings is 1. The van der Waals surface area contributed by atoms with Crippen molar-refractivity contribution >= 4 is 23.0 Å². The zero-order chi connectivity index (χ0) is 15.4. The lowest BCUT2D eigenvalue weighted by Crippen LogP contribution is -2.16. The number of rotatable bonds is 4. The minimum atomic E-state index is -0.616. The SMILES string of the molecule is Cc1cnccc1NC(=O)c1cc(NN)ccc1[N+](=O)[O-]. The lowest BCUT2D eigenvalue weighted by Gasteiger charge is -2.09. The fraction of sp³-hybridized carbons (Fsp3) is 0.0769. The first-order valence-corrected chi connectivity index (χ1v) is 6.00. The Balaban J connectivity index is 2.38. The van der Waals surface area contributed by atoms with E-state index in [-0.39, 0.29) is 11.3 Å². The van der Waals surface area contributed by atoms with Gasteiger partial charge in [-0.3, -0.25) is 25.7 Å². The maximum absolute atomic E-state index is 12.3. The molecule has 8 heteroatoms. The van der Waals surface area contributed by atoms with Gasteiger partial charge in [0, 0.05) is 29.8 Å². The number of hydrogen-bond acceptors (Lipinski definition) is 6. The summed E-state index contributed by atoms with van der Waals surface area (Å²) in [4.78, 5) is 26.6. The summed E-state index contributed by atoms with van der Waals surface area (Å²) >= 11 is 0. The number of hydrogen-bond donors (Lipinski definition) is 3. The van der Waals surface area contributed by atoms with E-state index in [1.54, 1.807) is 19.2 Å². The van der Waals surface area contributed by atoms with E-state index in [4.69, 9.17) is 5.84 Å². The summed E-state index contributed by atoms with van der Waals surface area (Å²) in [5.74, 6) is 4.67. The van der Waals surface area contributed by atoms with Gasteiger partial charge in [-0.25, -0.2) is 0 Å². The molecule has 0 atom stereocenters. The third kappa shape index (κ3) is 3.12. The number of pyridine rings is 1. The number of hydrazine groups is 1. The number of carbonyl (C=O) groups excluding carboxylic acids is 1. The molecule has 1 aromatic heterocycles. The Kier molecular flexibility index (Phi) is 4.10. The number of nitro benzene ring substituents is 1. The van der Waals surface area contributed by atoms with Crippen molar-refractivity contribution in [2.45, 2.75) is 6.92 Å². The van der Waals surface area contributed by atoms with Gasteiger partial charge < -0.3 is 10.7 Å². The molecule has 2 rings (SSSR count). The van der Waals surface area contributed by atoms with Crippen molar-refractivity contribution in [3.63, 3.8) is 0 Å². The maximum Gasteiger partial charge on any atom is 0.282 e. The molecule has 1 heterocycles. The third-order valence-electron chi connectivity index (χ3n) is 2.87. The molecule has 108 valence electrons. The molecule has 0 aliphatic rings. The van der Waals surface area contributed by atoms with Crippen molar-refractivity contribution in [3.8, 4) is 0 Å². The highest BCUT2D eigenvalue weighted by Gasteiger charge is 2.21. The summed E-state index contributed by atoms with van der Waals surface area (Å²) in [6.07, 6.45) is 3.11. The van der Waals surface area contributed by atoms with Gasteiger partial charge in [0.15, 0.2) is 0 Å². The predicted octanol–water partition coefficient (Wildman–Crippen LogP) is 1.84. The van der Waals surface area contributed by atoms with Crippen LogP contribution in [-0.2, 0) is 0 Å². The topological polar surface area (TPSA) is 123 Å². The fourth-order valence-electron chi connectivity index (χ4n) is 1.77. The Labute approximate surface area is 120 Å². The van der Waals surface area contributed by atoms with E-state index in [2.05, 4.69) is 15.7 Å². The van der Waals surface area contributed by atoms with Crippen molar-refractivity contribution in [1.82, 2.24) is 4.98 Å². The van der Waals surface area contributed by atoms with Crippen molar-refractivity contribution in [2.75, 3.05) is 10.7 Å². The number of nitrogen functional groups attached to an aromatic ring is 1. The van der Waals surface area contributed by atoms with E-state index in [0.717, 1.165) is 5.56 Å². The molecule has 0 fully saturated rings. The lowest BCUT2D eigenvalue weighted by atomic mass is 10.1. The molecular weight excluding hydrogens is 274 g/mol. The number of nitro groups is 1. The molecule has 0 unspecified atom stereocenters. The van der Waals surface area contributed by atoms with Crippen LogP contribution in [0.4, 0.5) is 17.1 Å². The molecule has 1 aromatic carbocycles. The highest BCUT2D eigenvalue weighted by atomic mass is 16.6. The van der Waals surface area contributed by atoms with Crippen LogP contribution in [-0.4, -0.2) is 15.8 Å². The molecule has 0 saturated heterocycles. The van der Waals surface area contributed by atoms with Gasteiger partial charge in [0.2, 0.25) is 0 Å². The van der Waals surface area contributed by atoms with Crippen LogP contribution in [0.15, 0.2) is 36.7 Å². The smallest absolute Gasteiger partial charge is 0.282 e. The molecule has 0 bridgehead atoms. The van der Waals surface area contributed by atoms with Gasteiger partial charge in [-0.1, -0.05) is 0 Å². The Morgan fingerprint density at radius 3 is 2.76 bits per heavy atom. The molecular formula is C13H13N5O3. The third-order valence-corrected chi connectivity index (χ3v) is 2.87. The predicted molar refractivity (Wildman–Crippen MR) is 77.8 cm³/mol. The second-order valence-electron chi connectivity index (χ2n) is 4.28. The minimum Gasteiger partial charge on any atom is -0.324 e. The van der Waals surface area contributed by atoms with Gasteiger partial charge in [0.1, 0.15) is 5.56 Å². The molecule has 0 spiro atoms. The van der Waals surface area contributed by atoms with Crippen LogP contribution in [0.25, 0.3) is 0 Å². The molecule has 21 heavy (non-hydrogen) atoms. The van der Waals surface area contributed by atoms with E-state index in [1.807, 2.05) is 0 Å². The van der Waals surface area contributed by atoms with E-state index in [0.29, 0.717) is 11.4 Å². The second kappa shape index (κ2) is 5.97. The molecule has 2 aromatic rings. The molecule has 0 radical (unpaired) electrons. The average molecular weight is 287 g/mol. The Morgan fingerprint density at radius 2 is 2.14 bits per heavy atom. The number of anilines is 2. The summed E-state index contributed by atoms with van der Waals surface area (Å²) in [5.41, 5.74) is 3.67. The Bertz CT molecular complexity index is 702. The largest absolute Gasteiger partial charge is 0.324 e. The van der Waals surface area contributed by atoms with E-state index in [1.165, 1.54) is 24.4 Å². The fourth-order valence-corrected chi connectivity index (χ4v) is 1.77. The van der Waals surface area contributed by atoms with E-state index >= 15 is 0 Å². The van der Waals surface area contributed by atoms with Crippen LogP contribution in [0.5, 0.6) is 0 Å². The van der Waals surface area contributed by atoms with Gasteiger partial charge in [0.05, 0.1) is 4.92 Å². The number of aryl methyl sites for hydroxylation is 1. The minimum absolute atomic E-state index is 0.0772. The van der Waals surface area contributed by atoms with Crippen LogP contribution in [0.1, 0.15) is 15.9 Å². The van der Waals surface area contributed by atoms with Crippen molar-refractivity contribution < 1.29 is 9.72 Å². The van der Waals surface area contributed by atoms with E-state index in [9.17, 15) is 14.9 Å². The zero-order valence-electron chi connectivity index (χ0n) is 11.2. The monoisotopic (exact) mass is 287 g/mol. The van der Waals surface area contributed by atoms with Gasteiger partial charge >= 0.3 is 0 Å². The number of amides is 1. The van der Waals surface area contributed by atoms with Crippen LogP contribution < -0.4 is 16.6 Å². The first kappa shape index (κ1) is 14.4. The number of nitrogens with zero attached hydrogens (tertiary/aromatic N) is 2. The lowest BCUT2D eigenvalue weighted by molar-refractivity contribution is -0.385. The quantitative estimate of drug-likeness (QED) is 0.448. The van der Waals surface area contributed by atoms with Crippen molar-refractivity contribution in [2.24, 2.45) is 5.84 Å². The highest BCUT2D eigenvalue weighted by molar-refractivity contribution is 6.07. The first-order chi connectivity index (χ1) is 10.0. The summed E-state index contributed by atoms with van der Waals surface area (Å²) in [5, 5.41) is 13.6. The highest BCUT2D eigenvalue weighted by Crippen LogP contribution is 2.24. The van der Waals surface area contributed by atoms with Gasteiger partial charge in [-0.2, -0.15) is 0 Å². The van der Waals surface area contributed by atoms with Crippen molar-refractivity contribution in [1.29, 1.82) is 0 Å². The normalized spacial score (nSPS) is 10.0. The summed E-state index contributed by atoms with van der Waals surface area (Å²) in [6.45, 7) is 1.77. The van der Waals surface area contributed by atoms with Crippen LogP contribution in [0.3, 0.4) is 0 Å². The first-order valence-electron chi connectivity index (χ1n) is 6.00. The van der Waals surface area contributed by atoms with Crippen molar-refractivity contribution in [3.05, 3.63) is 57.9 Å². The summed E-state index contributed by atoms with van der Waals surface area (Å²) in [6, 6.07) is 5.59. The second-order valence-corrected chi connectivity index (χ2v) is 4.28. The van der Waals surface area contributed by atoms with Gasteiger partial charge in [-0.15, -0.1) is 0 Å². The molecule has 1 amide bonds. The van der Waals surface area contributed by atoms with Crippen LogP contribution in [0.2, 0.25) is 0 Å².